The van der Waals surface area contributed by atoms with E-state index in [2.05, 4.69) is 109 Å². The van der Waals surface area contributed by atoms with Crippen molar-refractivity contribution in [2.24, 2.45) is 0 Å². The second-order valence-electron chi connectivity index (χ2n) is 8.10. The lowest BCUT2D eigenvalue weighted by atomic mass is 9.66. The van der Waals surface area contributed by atoms with E-state index in [4.69, 9.17) is 0 Å². The maximum atomic E-state index is 2.47. The van der Waals surface area contributed by atoms with Crippen molar-refractivity contribution in [2.75, 3.05) is 0 Å². The summed E-state index contributed by atoms with van der Waals surface area (Å²) in [5.41, 5.74) is 5.89. The predicted octanol–water partition coefficient (Wildman–Crippen LogP) is 7.16. The Hall–Kier alpha value is -3.12. The van der Waals surface area contributed by atoms with Gasteiger partial charge < -0.3 is 0 Å². The zero-order chi connectivity index (χ0) is 18.5. The first-order valence-electron chi connectivity index (χ1n) is 10.2. The van der Waals surface area contributed by atoms with E-state index in [1.807, 2.05) is 0 Å². The van der Waals surface area contributed by atoms with Crippen molar-refractivity contribution in [3.05, 3.63) is 131 Å². The van der Waals surface area contributed by atoms with Crippen LogP contribution in [0, 0.1) is 0 Å². The van der Waals surface area contributed by atoms with Crippen molar-refractivity contribution >= 4 is 10.8 Å². The Kier molecular flexibility index (Phi) is 3.52. The third-order valence-electron chi connectivity index (χ3n) is 6.74. The number of allylic oxidation sites excluding steroid dienone is 2. The van der Waals surface area contributed by atoms with Crippen LogP contribution in [0.4, 0.5) is 0 Å². The quantitative estimate of drug-likeness (QED) is 0.334. The van der Waals surface area contributed by atoms with E-state index in [1.165, 1.54) is 33.0 Å². The molecule has 4 atom stereocenters. The molecule has 0 aromatic heterocycles. The van der Waals surface area contributed by atoms with Gasteiger partial charge in [0.1, 0.15) is 0 Å². The number of benzene rings is 4. The van der Waals surface area contributed by atoms with Gasteiger partial charge >= 0.3 is 0 Å². The molecule has 0 heteroatoms. The molecule has 6 rings (SSSR count). The molecule has 0 spiro atoms. The molecule has 134 valence electrons. The average molecular weight is 358 g/mol. The summed E-state index contributed by atoms with van der Waals surface area (Å²) < 4.78 is 0. The SMILES string of the molecule is C1=C[C@@H](c2ccccc2)[C@H]2c3cccc4cccc(c34)[C@H]2[C@H]1c1ccccc1. The van der Waals surface area contributed by atoms with Crippen molar-refractivity contribution in [3.63, 3.8) is 0 Å². The molecule has 0 saturated heterocycles. The lowest BCUT2D eigenvalue weighted by Crippen LogP contribution is -2.23. The molecular formula is C28H22. The first-order chi connectivity index (χ1) is 13.9. The second-order valence-corrected chi connectivity index (χ2v) is 8.10. The molecule has 0 saturated carbocycles. The molecule has 28 heavy (non-hydrogen) atoms. The first-order valence-corrected chi connectivity index (χ1v) is 10.2. The largest absolute Gasteiger partial charge is 0.0797 e. The number of hydrogen-bond donors (Lipinski definition) is 0. The van der Waals surface area contributed by atoms with E-state index in [1.54, 1.807) is 0 Å². The molecule has 4 aromatic rings. The maximum Gasteiger partial charge on any atom is 0.00933 e. The predicted molar refractivity (Wildman–Crippen MR) is 117 cm³/mol. The van der Waals surface area contributed by atoms with Gasteiger partial charge in [0.2, 0.25) is 0 Å². The summed E-state index contributed by atoms with van der Waals surface area (Å²) in [7, 11) is 0. The molecule has 0 radical (unpaired) electrons. The van der Waals surface area contributed by atoms with E-state index >= 15 is 0 Å². The zero-order valence-electron chi connectivity index (χ0n) is 15.7. The van der Waals surface area contributed by atoms with Gasteiger partial charge in [-0.2, -0.15) is 0 Å². The molecule has 0 heterocycles. The summed E-state index contributed by atoms with van der Waals surface area (Å²) in [6.45, 7) is 0. The van der Waals surface area contributed by atoms with Crippen molar-refractivity contribution < 1.29 is 0 Å². The Morgan fingerprint density at radius 3 is 1.36 bits per heavy atom. The van der Waals surface area contributed by atoms with Crippen LogP contribution in [0.3, 0.4) is 0 Å². The topological polar surface area (TPSA) is 0 Å². The Labute approximate surface area is 166 Å². The van der Waals surface area contributed by atoms with Crippen LogP contribution in [0.1, 0.15) is 45.9 Å². The molecule has 0 nitrogen and oxygen atoms in total. The first kappa shape index (κ1) is 15.9. The molecule has 0 aliphatic heterocycles. The summed E-state index contributed by atoms with van der Waals surface area (Å²) in [6.07, 6.45) is 4.94. The standard InChI is InChI=1S/C28H22/c1-3-9-19(10-4-1)22-17-18-23(20-11-5-2-6-12-20)28-25-16-8-14-21-13-7-15-24(26(21)25)27(22)28/h1-18,22-23,27-28H/t22-,23+,27-,28+. The van der Waals surface area contributed by atoms with Crippen LogP contribution in [-0.4, -0.2) is 0 Å². The van der Waals surface area contributed by atoms with Gasteiger partial charge in [-0.3, -0.25) is 0 Å². The summed E-state index contributed by atoms with van der Waals surface area (Å²) in [5.74, 6) is 1.81. The van der Waals surface area contributed by atoms with Gasteiger partial charge in [-0.15, -0.1) is 0 Å². The van der Waals surface area contributed by atoms with Crippen LogP contribution in [0.5, 0.6) is 0 Å². The lowest BCUT2D eigenvalue weighted by Gasteiger charge is -2.37. The van der Waals surface area contributed by atoms with Crippen molar-refractivity contribution in [1.29, 1.82) is 0 Å². The Morgan fingerprint density at radius 2 is 0.893 bits per heavy atom. The lowest BCUT2D eigenvalue weighted by molar-refractivity contribution is 0.459. The molecular weight excluding hydrogens is 336 g/mol. The highest BCUT2D eigenvalue weighted by molar-refractivity contribution is 5.93. The summed E-state index contributed by atoms with van der Waals surface area (Å²) in [4.78, 5) is 0. The highest BCUT2D eigenvalue weighted by Crippen LogP contribution is 2.60. The van der Waals surface area contributed by atoms with E-state index in [0.29, 0.717) is 23.7 Å². The third kappa shape index (κ3) is 2.24. The normalized spacial score (nSPS) is 25.0. The molecule has 2 aliphatic carbocycles. The number of hydrogen-bond acceptors (Lipinski definition) is 0. The number of rotatable bonds is 2. The van der Waals surface area contributed by atoms with Crippen LogP contribution in [0.25, 0.3) is 10.8 Å². The minimum Gasteiger partial charge on any atom is -0.0797 e. The molecule has 4 aromatic carbocycles. The van der Waals surface area contributed by atoms with Crippen LogP contribution >= 0.6 is 0 Å². The minimum absolute atomic E-state index is 0.421. The van der Waals surface area contributed by atoms with Crippen molar-refractivity contribution in [1.82, 2.24) is 0 Å². The maximum absolute atomic E-state index is 2.47. The zero-order valence-corrected chi connectivity index (χ0v) is 15.7. The highest BCUT2D eigenvalue weighted by atomic mass is 14.5. The van der Waals surface area contributed by atoms with Crippen molar-refractivity contribution in [3.8, 4) is 0 Å². The van der Waals surface area contributed by atoms with Crippen molar-refractivity contribution in [2.45, 2.75) is 23.7 Å². The minimum atomic E-state index is 0.421. The average Bonchev–Trinajstić information content (AvgIpc) is 3.11. The van der Waals surface area contributed by atoms with E-state index in [9.17, 15) is 0 Å². The van der Waals surface area contributed by atoms with Crippen LogP contribution in [0.2, 0.25) is 0 Å². The number of fused-ring (bicyclic) bond motifs is 3. The van der Waals surface area contributed by atoms with Gasteiger partial charge in [0.25, 0.3) is 0 Å². The third-order valence-corrected chi connectivity index (χ3v) is 6.74. The van der Waals surface area contributed by atoms with Gasteiger partial charge in [0.05, 0.1) is 0 Å². The fourth-order valence-electron chi connectivity index (χ4n) is 5.64. The molecule has 0 amide bonds. The van der Waals surface area contributed by atoms with Crippen LogP contribution < -0.4 is 0 Å². The fourth-order valence-corrected chi connectivity index (χ4v) is 5.64. The molecule has 0 unspecified atom stereocenters. The van der Waals surface area contributed by atoms with Gasteiger partial charge in [-0.1, -0.05) is 109 Å². The Balaban J connectivity index is 1.61. The van der Waals surface area contributed by atoms with Gasteiger partial charge in [-0.05, 0) is 33.0 Å². The second kappa shape index (κ2) is 6.21. The van der Waals surface area contributed by atoms with Crippen LogP contribution in [0.15, 0.2) is 109 Å². The van der Waals surface area contributed by atoms with E-state index < -0.39 is 0 Å². The molecule has 2 aliphatic rings. The molecule has 0 bridgehead atoms. The van der Waals surface area contributed by atoms with Gasteiger partial charge in [-0.25, -0.2) is 0 Å². The van der Waals surface area contributed by atoms with E-state index in [-0.39, 0.29) is 0 Å². The fraction of sp³-hybridized carbons (Fsp3) is 0.143. The van der Waals surface area contributed by atoms with Gasteiger partial charge in [0, 0.05) is 23.7 Å². The van der Waals surface area contributed by atoms with Gasteiger partial charge in [0.15, 0.2) is 0 Å². The summed E-state index contributed by atoms with van der Waals surface area (Å²) in [6, 6.07) is 35.8. The summed E-state index contributed by atoms with van der Waals surface area (Å²) >= 11 is 0. The smallest absolute Gasteiger partial charge is 0.00933 e. The monoisotopic (exact) mass is 358 g/mol. The summed E-state index contributed by atoms with van der Waals surface area (Å²) in [5, 5.41) is 2.87. The van der Waals surface area contributed by atoms with Crippen LogP contribution in [-0.2, 0) is 0 Å². The molecule has 0 fully saturated rings. The van der Waals surface area contributed by atoms with E-state index in [0.717, 1.165) is 0 Å². The molecule has 0 N–H and O–H groups in total. The highest BCUT2D eigenvalue weighted by Gasteiger charge is 2.44. The Morgan fingerprint density at radius 1 is 0.429 bits per heavy atom. The Bertz CT molecular complexity index is 1080.